The molecule has 1 aromatic rings. The Labute approximate surface area is 108 Å². The molecular formula is C13H20FNO2S. The molecule has 1 aromatic carbocycles. The van der Waals surface area contributed by atoms with Gasteiger partial charge >= 0.3 is 0 Å². The van der Waals surface area contributed by atoms with Crippen molar-refractivity contribution in [3.05, 3.63) is 35.6 Å². The highest BCUT2D eigenvalue weighted by atomic mass is 32.2. The third-order valence-corrected chi connectivity index (χ3v) is 4.19. The second-order valence-electron chi connectivity index (χ2n) is 4.30. The Morgan fingerprint density at radius 1 is 1.17 bits per heavy atom. The standard InChI is InChI=1S/C13H20FNO2S/c1-2-11-18(16,17)15-10-4-3-5-12-6-8-13(14)9-7-12/h6-9,15H,2-5,10-11H2,1H3. The molecule has 0 bridgehead atoms. The highest BCUT2D eigenvalue weighted by molar-refractivity contribution is 7.89. The van der Waals surface area contributed by atoms with Crippen LogP contribution in [0, 0.1) is 5.82 Å². The third kappa shape index (κ3) is 6.12. The van der Waals surface area contributed by atoms with E-state index in [0.29, 0.717) is 13.0 Å². The Morgan fingerprint density at radius 2 is 1.83 bits per heavy atom. The highest BCUT2D eigenvalue weighted by Gasteiger charge is 2.06. The number of benzene rings is 1. The summed E-state index contributed by atoms with van der Waals surface area (Å²) in [6.45, 7) is 2.32. The van der Waals surface area contributed by atoms with Gasteiger partial charge in [0.2, 0.25) is 10.0 Å². The van der Waals surface area contributed by atoms with Crippen LogP contribution in [0.2, 0.25) is 0 Å². The molecule has 0 aliphatic heterocycles. The molecule has 0 saturated heterocycles. The summed E-state index contributed by atoms with van der Waals surface area (Å²) in [6.07, 6.45) is 3.15. The monoisotopic (exact) mass is 273 g/mol. The predicted octanol–water partition coefficient (Wildman–Crippen LogP) is 2.48. The Morgan fingerprint density at radius 3 is 2.44 bits per heavy atom. The number of hydrogen-bond acceptors (Lipinski definition) is 2. The lowest BCUT2D eigenvalue weighted by atomic mass is 10.1. The summed E-state index contributed by atoms with van der Waals surface area (Å²) >= 11 is 0. The van der Waals surface area contributed by atoms with Crippen LogP contribution in [0.15, 0.2) is 24.3 Å². The van der Waals surface area contributed by atoms with Crippen molar-refractivity contribution in [3.63, 3.8) is 0 Å². The minimum absolute atomic E-state index is 0.185. The van der Waals surface area contributed by atoms with E-state index in [1.807, 2.05) is 6.92 Å². The lowest BCUT2D eigenvalue weighted by Gasteiger charge is -2.05. The van der Waals surface area contributed by atoms with Gasteiger partial charge in [-0.05, 0) is 43.4 Å². The maximum Gasteiger partial charge on any atom is 0.211 e. The van der Waals surface area contributed by atoms with E-state index in [1.165, 1.54) is 12.1 Å². The maximum atomic E-state index is 12.7. The number of rotatable bonds is 8. The van der Waals surface area contributed by atoms with Gasteiger partial charge in [-0.1, -0.05) is 19.1 Å². The number of unbranched alkanes of at least 4 members (excludes halogenated alkanes) is 1. The van der Waals surface area contributed by atoms with Gasteiger partial charge in [-0.25, -0.2) is 17.5 Å². The van der Waals surface area contributed by atoms with Crippen LogP contribution in [0.4, 0.5) is 4.39 Å². The first kappa shape index (κ1) is 15.1. The SMILES string of the molecule is CCCS(=O)(=O)NCCCCc1ccc(F)cc1. The van der Waals surface area contributed by atoms with Crippen molar-refractivity contribution >= 4 is 10.0 Å². The summed E-state index contributed by atoms with van der Waals surface area (Å²) in [7, 11) is -3.08. The fourth-order valence-corrected chi connectivity index (χ4v) is 2.81. The Balaban J connectivity index is 2.18. The Kier molecular flexibility index (Phi) is 6.29. The molecule has 0 aliphatic carbocycles. The number of aryl methyl sites for hydroxylation is 1. The average molecular weight is 273 g/mol. The van der Waals surface area contributed by atoms with Gasteiger partial charge in [-0.15, -0.1) is 0 Å². The van der Waals surface area contributed by atoms with Crippen molar-refractivity contribution in [1.82, 2.24) is 4.72 Å². The van der Waals surface area contributed by atoms with Crippen molar-refractivity contribution < 1.29 is 12.8 Å². The highest BCUT2D eigenvalue weighted by Crippen LogP contribution is 2.06. The first-order valence-corrected chi connectivity index (χ1v) is 7.90. The van der Waals surface area contributed by atoms with Crippen LogP contribution in [0.1, 0.15) is 31.7 Å². The van der Waals surface area contributed by atoms with Gasteiger partial charge in [0.25, 0.3) is 0 Å². The molecule has 0 unspecified atom stereocenters. The summed E-state index contributed by atoms with van der Waals surface area (Å²) in [5.41, 5.74) is 1.08. The third-order valence-electron chi connectivity index (χ3n) is 2.60. The molecule has 1 rings (SSSR count). The Hall–Kier alpha value is -0.940. The van der Waals surface area contributed by atoms with E-state index < -0.39 is 10.0 Å². The van der Waals surface area contributed by atoms with Crippen LogP contribution in [0.25, 0.3) is 0 Å². The van der Waals surface area contributed by atoms with Crippen molar-refractivity contribution in [1.29, 1.82) is 0 Å². The van der Waals surface area contributed by atoms with E-state index >= 15 is 0 Å². The van der Waals surface area contributed by atoms with Crippen LogP contribution in [-0.4, -0.2) is 20.7 Å². The van der Waals surface area contributed by atoms with Crippen LogP contribution in [0.3, 0.4) is 0 Å². The molecule has 0 radical (unpaired) electrons. The summed E-state index contributed by atoms with van der Waals surface area (Å²) < 4.78 is 37.9. The predicted molar refractivity (Wildman–Crippen MR) is 71.4 cm³/mol. The largest absolute Gasteiger partial charge is 0.215 e. The molecule has 18 heavy (non-hydrogen) atoms. The molecule has 102 valence electrons. The molecule has 0 atom stereocenters. The zero-order valence-corrected chi connectivity index (χ0v) is 11.5. The summed E-state index contributed by atoms with van der Waals surface area (Å²) in [5, 5.41) is 0. The van der Waals surface area contributed by atoms with Gasteiger partial charge in [0, 0.05) is 6.54 Å². The topological polar surface area (TPSA) is 46.2 Å². The van der Waals surface area contributed by atoms with Crippen molar-refractivity contribution in [2.24, 2.45) is 0 Å². The second kappa shape index (κ2) is 7.48. The summed E-state index contributed by atoms with van der Waals surface area (Å²) in [5.74, 6) is -0.0450. The first-order valence-electron chi connectivity index (χ1n) is 6.25. The molecule has 3 nitrogen and oxygen atoms in total. The normalized spacial score (nSPS) is 11.7. The minimum atomic E-state index is -3.08. The first-order chi connectivity index (χ1) is 8.53. The quantitative estimate of drug-likeness (QED) is 0.740. The maximum absolute atomic E-state index is 12.7. The van der Waals surface area contributed by atoms with E-state index in [1.54, 1.807) is 12.1 Å². The van der Waals surface area contributed by atoms with Gasteiger partial charge in [0.05, 0.1) is 5.75 Å². The van der Waals surface area contributed by atoms with Crippen LogP contribution >= 0.6 is 0 Å². The molecule has 0 spiro atoms. The molecule has 0 heterocycles. The van der Waals surface area contributed by atoms with E-state index in [-0.39, 0.29) is 11.6 Å². The summed E-state index contributed by atoms with van der Waals surface area (Å²) in [6, 6.07) is 6.41. The second-order valence-corrected chi connectivity index (χ2v) is 6.22. The molecule has 0 aliphatic rings. The van der Waals surface area contributed by atoms with Crippen LogP contribution in [0.5, 0.6) is 0 Å². The Bertz CT molecular complexity index is 443. The van der Waals surface area contributed by atoms with Crippen LogP contribution < -0.4 is 4.72 Å². The van der Waals surface area contributed by atoms with Crippen LogP contribution in [-0.2, 0) is 16.4 Å². The summed E-state index contributed by atoms with van der Waals surface area (Å²) in [4.78, 5) is 0. The van der Waals surface area contributed by atoms with E-state index in [0.717, 1.165) is 24.8 Å². The van der Waals surface area contributed by atoms with Crippen molar-refractivity contribution in [2.45, 2.75) is 32.6 Å². The zero-order chi connectivity index (χ0) is 13.4. The molecule has 0 aromatic heterocycles. The molecule has 5 heteroatoms. The molecule has 1 N–H and O–H groups in total. The number of nitrogens with one attached hydrogen (secondary N) is 1. The fraction of sp³-hybridized carbons (Fsp3) is 0.538. The van der Waals surface area contributed by atoms with E-state index in [4.69, 9.17) is 0 Å². The lowest BCUT2D eigenvalue weighted by Crippen LogP contribution is -2.27. The smallest absolute Gasteiger partial charge is 0.211 e. The number of sulfonamides is 1. The van der Waals surface area contributed by atoms with Crippen molar-refractivity contribution in [3.8, 4) is 0 Å². The van der Waals surface area contributed by atoms with Gasteiger partial charge in [-0.2, -0.15) is 0 Å². The van der Waals surface area contributed by atoms with Gasteiger partial charge in [-0.3, -0.25) is 0 Å². The van der Waals surface area contributed by atoms with E-state index in [2.05, 4.69) is 4.72 Å². The fourth-order valence-electron chi connectivity index (χ4n) is 1.67. The van der Waals surface area contributed by atoms with Gasteiger partial charge < -0.3 is 0 Å². The van der Waals surface area contributed by atoms with Gasteiger partial charge in [0.15, 0.2) is 0 Å². The molecule has 0 saturated carbocycles. The lowest BCUT2D eigenvalue weighted by molar-refractivity contribution is 0.575. The van der Waals surface area contributed by atoms with Crippen molar-refractivity contribution in [2.75, 3.05) is 12.3 Å². The van der Waals surface area contributed by atoms with E-state index in [9.17, 15) is 12.8 Å². The molecule has 0 amide bonds. The minimum Gasteiger partial charge on any atom is -0.215 e. The molecular weight excluding hydrogens is 253 g/mol. The number of hydrogen-bond donors (Lipinski definition) is 1. The average Bonchev–Trinajstić information content (AvgIpc) is 2.31. The molecule has 0 fully saturated rings. The zero-order valence-electron chi connectivity index (χ0n) is 10.7. The van der Waals surface area contributed by atoms with Gasteiger partial charge in [0.1, 0.15) is 5.82 Å². The number of halogens is 1.